The smallest absolute Gasteiger partial charge is 0.514 e. The zero-order valence-corrected chi connectivity index (χ0v) is 10.9. The second kappa shape index (κ2) is 10.3. The summed E-state index contributed by atoms with van der Waals surface area (Å²) in [5.41, 5.74) is 0. The van der Waals surface area contributed by atoms with Gasteiger partial charge in [-0.15, -0.1) is 0 Å². The van der Waals surface area contributed by atoms with Crippen LogP contribution >= 0.6 is 12.2 Å². The maximum absolute atomic E-state index is 8.60. The molecule has 0 fully saturated rings. The molecule has 0 heterocycles. The molecule has 0 aliphatic heterocycles. The van der Waals surface area contributed by atoms with Gasteiger partial charge in [0, 0.05) is 4.38 Å². The van der Waals surface area contributed by atoms with Gasteiger partial charge in [-0.25, -0.2) is 0 Å². The van der Waals surface area contributed by atoms with Crippen LogP contribution in [0.1, 0.15) is 6.92 Å². The fourth-order valence-corrected chi connectivity index (χ4v) is 0.354. The molecule has 0 amide bonds. The first-order chi connectivity index (χ1) is 4.77. The summed E-state index contributed by atoms with van der Waals surface area (Å²) in [4.78, 5) is 0. The molecule has 0 aromatic rings. The van der Waals surface area contributed by atoms with Crippen molar-refractivity contribution in [1.29, 1.82) is 0 Å². The van der Waals surface area contributed by atoms with E-state index in [4.69, 9.17) is 18.6 Å². The molecule has 0 saturated heterocycles. The maximum Gasteiger partial charge on any atom is 1.00 e. The third-order valence-electron chi connectivity index (χ3n) is 0.262. The molecule has 12 heavy (non-hydrogen) atoms. The molecule has 0 aliphatic rings. The summed E-state index contributed by atoms with van der Waals surface area (Å²) < 4.78 is 37.5. The van der Waals surface area contributed by atoms with Crippen LogP contribution in [-0.2, 0) is 17.4 Å². The van der Waals surface area contributed by atoms with Crippen LogP contribution in [0.4, 0.5) is 0 Å². The first kappa shape index (κ1) is 18.9. The minimum atomic E-state index is -4.69. The monoisotopic (exact) mass is 244 g/mol. The van der Waals surface area contributed by atoms with Gasteiger partial charge >= 0.3 is 29.6 Å². The van der Waals surface area contributed by atoms with E-state index in [0.29, 0.717) is 6.61 Å². The van der Waals surface area contributed by atoms with E-state index in [0.717, 1.165) is 0 Å². The fraction of sp³-hybridized carbons (Fsp3) is 0.667. The van der Waals surface area contributed by atoms with Gasteiger partial charge in [0.25, 0.3) is 0 Å². The van der Waals surface area contributed by atoms with Crippen molar-refractivity contribution in [3.63, 3.8) is 0 Å². The Morgan fingerprint density at radius 3 is 1.83 bits per heavy atom. The molecule has 0 unspecified atom stereocenters. The predicted molar refractivity (Wildman–Crippen MR) is 33.8 cm³/mol. The van der Waals surface area contributed by atoms with E-state index < -0.39 is 10.2 Å². The van der Waals surface area contributed by atoms with E-state index >= 15 is 0 Å². The van der Waals surface area contributed by atoms with Crippen molar-refractivity contribution >= 4 is 29.2 Å². The van der Waals surface area contributed by atoms with Gasteiger partial charge in [-0.3, -0.25) is 0 Å². The number of thiocarbonyl (C=S) groups is 1. The predicted octanol–water partition coefficient (Wildman–Crippen LogP) is -6.27. The molecule has 0 atom stereocenters. The van der Waals surface area contributed by atoms with Gasteiger partial charge < -0.3 is 29.6 Å². The zero-order valence-electron chi connectivity index (χ0n) is 6.48. The minimum Gasteiger partial charge on any atom is -0.514 e. The topological polar surface area (TPSA) is 98.6 Å². The second-order valence-electron chi connectivity index (χ2n) is 1.08. The van der Waals surface area contributed by atoms with Crippen LogP contribution in [0, 0.1) is 10.2 Å². The SMILES string of the molecule is CCOC(=S)[S-].[Na+].[O-][Cl+3]([O-])([O-])O. The van der Waals surface area contributed by atoms with Crippen LogP contribution in [0.5, 0.6) is 0 Å². The molecule has 0 bridgehead atoms. The largest absolute Gasteiger partial charge is 1.00 e. The van der Waals surface area contributed by atoms with Crippen molar-refractivity contribution in [3.05, 3.63) is 0 Å². The Morgan fingerprint density at radius 2 is 1.83 bits per heavy atom. The molecular formula is C3H6ClNaO5S2. The molecule has 0 aliphatic carbocycles. The van der Waals surface area contributed by atoms with E-state index in [1.165, 1.54) is 0 Å². The minimum absolute atomic E-state index is 0. The summed E-state index contributed by atoms with van der Waals surface area (Å²) in [5.74, 6) is 0. The summed E-state index contributed by atoms with van der Waals surface area (Å²) in [6.45, 7) is 2.43. The maximum atomic E-state index is 8.60. The van der Waals surface area contributed by atoms with E-state index in [1.54, 1.807) is 0 Å². The van der Waals surface area contributed by atoms with Gasteiger partial charge in [0.15, 0.2) is 0 Å². The Morgan fingerprint density at radius 1 is 1.58 bits per heavy atom. The standard InChI is InChI=1S/C3H6OS2.ClHO4.Na/c1-2-4-3(5)6;2-1(3,4)5;/h2H2,1H3,(H,5,6);(H,2,3,4,5);/q;;+1/p-1. The number of hydrogen-bond donors (Lipinski definition) is 1. The third-order valence-corrected chi connectivity index (χ3v) is 0.498. The van der Waals surface area contributed by atoms with Crippen LogP contribution in [-0.4, -0.2) is 15.6 Å². The number of hydrogen-bond acceptors (Lipinski definition) is 7. The molecule has 1 N–H and O–H groups in total. The van der Waals surface area contributed by atoms with Crippen LogP contribution in [0.25, 0.3) is 0 Å². The Labute approximate surface area is 105 Å². The van der Waals surface area contributed by atoms with Crippen molar-refractivity contribution < 1.29 is 63.2 Å². The normalized spacial score (nSPS) is 8.75. The average Bonchev–Trinajstić information content (AvgIpc) is 1.58. The summed E-state index contributed by atoms with van der Waals surface area (Å²) in [5, 5.41) is 0. The van der Waals surface area contributed by atoms with E-state index in [1.807, 2.05) is 6.92 Å². The molecule has 0 rings (SSSR count). The second-order valence-corrected chi connectivity index (χ2v) is 2.87. The Kier molecular flexibility index (Phi) is 16.3. The van der Waals surface area contributed by atoms with Gasteiger partial charge in [0.2, 0.25) is 0 Å². The molecule has 0 spiro atoms. The Bertz CT molecular complexity index is 112. The Hall–Kier alpha value is 1.24. The zero-order chi connectivity index (χ0) is 9.49. The van der Waals surface area contributed by atoms with E-state index in [9.17, 15) is 0 Å². The molecular weight excluding hydrogens is 239 g/mol. The van der Waals surface area contributed by atoms with Gasteiger partial charge in [0.1, 0.15) is 0 Å². The average molecular weight is 245 g/mol. The van der Waals surface area contributed by atoms with Crippen LogP contribution < -0.4 is 43.5 Å². The summed E-state index contributed by atoms with van der Waals surface area (Å²) >= 11 is 8.77. The molecule has 0 aromatic heterocycles. The third kappa shape index (κ3) is 65.6. The molecule has 9 heteroatoms. The van der Waals surface area contributed by atoms with Gasteiger partial charge in [-0.05, 0) is 6.92 Å². The number of ether oxygens (including phenoxy) is 1. The van der Waals surface area contributed by atoms with Crippen molar-refractivity contribution in [2.24, 2.45) is 0 Å². The van der Waals surface area contributed by atoms with Crippen molar-refractivity contribution in [2.75, 3.05) is 6.61 Å². The first-order valence-corrected chi connectivity index (χ1v) is 4.32. The van der Waals surface area contributed by atoms with Crippen LogP contribution in [0.15, 0.2) is 0 Å². The first-order valence-electron chi connectivity index (χ1n) is 2.24. The van der Waals surface area contributed by atoms with Crippen molar-refractivity contribution in [1.82, 2.24) is 0 Å². The molecule has 0 radical (unpaired) electrons. The van der Waals surface area contributed by atoms with E-state index in [-0.39, 0.29) is 33.9 Å². The fourth-order valence-electron chi connectivity index (χ4n) is 0.118. The van der Waals surface area contributed by atoms with Crippen LogP contribution in [0.2, 0.25) is 0 Å². The quantitative estimate of drug-likeness (QED) is 0.278. The summed E-state index contributed by atoms with van der Waals surface area (Å²) in [7, 11) is -4.69. The van der Waals surface area contributed by atoms with Crippen LogP contribution in [0.3, 0.4) is 0 Å². The molecule has 0 aromatic carbocycles. The molecule has 68 valence electrons. The number of rotatable bonds is 1. The molecule has 5 nitrogen and oxygen atoms in total. The summed E-state index contributed by atoms with van der Waals surface area (Å²) in [6.07, 6.45) is 0. The van der Waals surface area contributed by atoms with Crippen molar-refractivity contribution in [3.8, 4) is 0 Å². The van der Waals surface area contributed by atoms with Gasteiger partial charge in [0.05, 0.1) is 21.5 Å². The van der Waals surface area contributed by atoms with Gasteiger partial charge in [-0.1, -0.05) is 0 Å². The number of halogens is 1. The van der Waals surface area contributed by atoms with E-state index in [2.05, 4.69) is 29.6 Å². The Balaban J connectivity index is -0.000000126. The molecule has 0 saturated carbocycles. The summed E-state index contributed by atoms with van der Waals surface area (Å²) in [6, 6.07) is 0. The van der Waals surface area contributed by atoms with Crippen molar-refractivity contribution in [2.45, 2.75) is 6.92 Å². The van der Waals surface area contributed by atoms with Gasteiger partial charge in [-0.2, -0.15) is 14.0 Å².